The number of nitrogens with one attached hydrogen (secondary N) is 1. The Morgan fingerprint density at radius 3 is 2.43 bits per heavy atom. The molecule has 148 valence electrons. The molecule has 0 spiro atoms. The molecule has 1 aliphatic rings. The van der Waals surface area contributed by atoms with E-state index in [0.717, 1.165) is 9.87 Å². The molecule has 28 heavy (non-hydrogen) atoms. The van der Waals surface area contributed by atoms with Crippen molar-refractivity contribution in [3.05, 3.63) is 57.6 Å². The molecule has 6 nitrogen and oxygen atoms in total. The fourth-order valence-corrected chi connectivity index (χ4v) is 5.47. The smallest absolute Gasteiger partial charge is 0.257 e. The Bertz CT molecular complexity index is 1100. The van der Waals surface area contributed by atoms with E-state index in [1.165, 1.54) is 18.2 Å². The van der Waals surface area contributed by atoms with Crippen LogP contribution in [0.2, 0.25) is 10.0 Å². The van der Waals surface area contributed by atoms with Gasteiger partial charge >= 0.3 is 0 Å². The fourth-order valence-electron chi connectivity index (χ4n) is 2.99. The minimum Gasteiger partial charge on any atom is -0.322 e. The molecule has 0 bridgehead atoms. The SMILES string of the molecule is Cc1ccc(Cl)cc1NC(=O)c1cc(N2C(=O)C(C)(C)CS2(=O)=O)ccc1Cl. The first kappa shape index (κ1) is 20.6. The maximum Gasteiger partial charge on any atom is 0.257 e. The summed E-state index contributed by atoms with van der Waals surface area (Å²) in [6.45, 7) is 4.94. The molecule has 1 heterocycles. The van der Waals surface area contributed by atoms with Gasteiger partial charge in [-0.3, -0.25) is 9.59 Å². The lowest BCUT2D eigenvalue weighted by Crippen LogP contribution is -2.33. The predicted octanol–water partition coefficient (Wildman–Crippen LogP) is 4.26. The van der Waals surface area contributed by atoms with Crippen LogP contribution in [0.4, 0.5) is 11.4 Å². The topological polar surface area (TPSA) is 83.6 Å². The summed E-state index contributed by atoms with van der Waals surface area (Å²) < 4.78 is 25.7. The van der Waals surface area contributed by atoms with Crippen molar-refractivity contribution in [1.82, 2.24) is 0 Å². The lowest BCUT2D eigenvalue weighted by molar-refractivity contribution is -0.123. The van der Waals surface area contributed by atoms with Crippen molar-refractivity contribution in [3.63, 3.8) is 0 Å². The van der Waals surface area contributed by atoms with Crippen molar-refractivity contribution in [2.45, 2.75) is 20.8 Å². The number of aryl methyl sites for hydroxylation is 1. The highest BCUT2D eigenvalue weighted by atomic mass is 35.5. The molecule has 1 aliphatic heterocycles. The second-order valence-corrected chi connectivity index (χ2v) is 9.95. The number of hydrogen-bond donors (Lipinski definition) is 1. The van der Waals surface area contributed by atoms with Gasteiger partial charge in [-0.15, -0.1) is 0 Å². The second-order valence-electron chi connectivity index (χ2n) is 7.29. The first-order valence-electron chi connectivity index (χ1n) is 8.37. The molecule has 0 unspecified atom stereocenters. The van der Waals surface area contributed by atoms with Gasteiger partial charge in [0, 0.05) is 10.7 Å². The Balaban J connectivity index is 1.99. The van der Waals surface area contributed by atoms with Crippen LogP contribution < -0.4 is 9.62 Å². The molecule has 0 atom stereocenters. The first-order chi connectivity index (χ1) is 12.9. The van der Waals surface area contributed by atoms with Gasteiger partial charge in [-0.25, -0.2) is 12.7 Å². The van der Waals surface area contributed by atoms with Crippen LogP contribution in [0.15, 0.2) is 36.4 Å². The Morgan fingerprint density at radius 2 is 1.82 bits per heavy atom. The Hall–Kier alpha value is -2.09. The zero-order valence-corrected chi connectivity index (χ0v) is 17.7. The van der Waals surface area contributed by atoms with Crippen LogP contribution in [0.1, 0.15) is 29.8 Å². The number of amides is 2. The van der Waals surface area contributed by atoms with Crippen molar-refractivity contribution in [2.75, 3.05) is 15.4 Å². The van der Waals surface area contributed by atoms with Crippen LogP contribution in [0.25, 0.3) is 0 Å². The van der Waals surface area contributed by atoms with Gasteiger partial charge in [-0.05, 0) is 56.7 Å². The highest BCUT2D eigenvalue weighted by Gasteiger charge is 2.50. The summed E-state index contributed by atoms with van der Waals surface area (Å²) in [6.07, 6.45) is 0. The molecular formula is C19H18Cl2N2O4S. The summed E-state index contributed by atoms with van der Waals surface area (Å²) in [5, 5.41) is 3.30. The first-order valence-corrected chi connectivity index (χ1v) is 10.7. The molecule has 0 aliphatic carbocycles. The van der Waals surface area contributed by atoms with Crippen LogP contribution in [-0.4, -0.2) is 26.0 Å². The predicted molar refractivity (Wildman–Crippen MR) is 111 cm³/mol. The molecule has 0 aromatic heterocycles. The quantitative estimate of drug-likeness (QED) is 0.772. The van der Waals surface area contributed by atoms with Gasteiger partial charge in [-0.1, -0.05) is 29.3 Å². The summed E-state index contributed by atoms with van der Waals surface area (Å²) in [5.74, 6) is -1.39. The van der Waals surface area contributed by atoms with Crippen LogP contribution in [0, 0.1) is 12.3 Å². The Morgan fingerprint density at radius 1 is 1.14 bits per heavy atom. The van der Waals surface area contributed by atoms with Crippen molar-refractivity contribution in [2.24, 2.45) is 5.41 Å². The number of carbonyl (C=O) groups is 2. The average Bonchev–Trinajstić information content (AvgIpc) is 2.75. The largest absolute Gasteiger partial charge is 0.322 e. The van der Waals surface area contributed by atoms with E-state index in [2.05, 4.69) is 5.32 Å². The maximum atomic E-state index is 12.7. The van der Waals surface area contributed by atoms with E-state index in [9.17, 15) is 18.0 Å². The van der Waals surface area contributed by atoms with E-state index in [-0.39, 0.29) is 22.0 Å². The third-order valence-corrected chi connectivity index (χ3v) is 7.05. The van der Waals surface area contributed by atoms with Crippen molar-refractivity contribution >= 4 is 56.4 Å². The van der Waals surface area contributed by atoms with Crippen LogP contribution in [-0.2, 0) is 14.8 Å². The number of halogens is 2. The number of anilines is 2. The van der Waals surface area contributed by atoms with Crippen molar-refractivity contribution in [1.29, 1.82) is 0 Å². The van der Waals surface area contributed by atoms with E-state index in [1.807, 2.05) is 6.92 Å². The summed E-state index contributed by atoms with van der Waals surface area (Å²) in [4.78, 5) is 25.3. The maximum absolute atomic E-state index is 12.7. The second kappa shape index (κ2) is 7.06. The zero-order chi connectivity index (χ0) is 20.9. The highest BCUT2D eigenvalue weighted by molar-refractivity contribution is 7.94. The van der Waals surface area contributed by atoms with E-state index in [1.54, 1.807) is 32.0 Å². The van der Waals surface area contributed by atoms with Gasteiger partial charge in [0.2, 0.25) is 15.9 Å². The summed E-state index contributed by atoms with van der Waals surface area (Å²) >= 11 is 12.1. The highest BCUT2D eigenvalue weighted by Crippen LogP contribution is 2.37. The molecule has 1 saturated heterocycles. The normalized spacial score (nSPS) is 17.6. The molecule has 2 aromatic carbocycles. The molecule has 0 saturated carbocycles. The third kappa shape index (κ3) is 3.74. The lowest BCUT2D eigenvalue weighted by atomic mass is 9.95. The van der Waals surface area contributed by atoms with Crippen LogP contribution >= 0.6 is 23.2 Å². The number of sulfonamides is 1. The molecule has 0 radical (unpaired) electrons. The lowest BCUT2D eigenvalue weighted by Gasteiger charge is -2.18. The van der Waals surface area contributed by atoms with Crippen molar-refractivity contribution in [3.8, 4) is 0 Å². The Labute approximate surface area is 173 Å². The van der Waals surface area contributed by atoms with Gasteiger partial charge in [0.1, 0.15) is 0 Å². The fraction of sp³-hybridized carbons (Fsp3) is 0.263. The minimum absolute atomic E-state index is 0.0475. The molecule has 1 N–H and O–H groups in total. The average molecular weight is 441 g/mol. The number of nitrogens with zero attached hydrogens (tertiary/aromatic N) is 1. The zero-order valence-electron chi connectivity index (χ0n) is 15.4. The number of hydrogen-bond acceptors (Lipinski definition) is 4. The molecule has 1 fully saturated rings. The number of benzene rings is 2. The minimum atomic E-state index is -3.83. The van der Waals surface area contributed by atoms with Gasteiger partial charge in [-0.2, -0.15) is 0 Å². The molecule has 2 amide bonds. The summed E-state index contributed by atoms with van der Waals surface area (Å²) in [5.41, 5.74) is 0.381. The molecule has 2 aromatic rings. The molecule has 3 rings (SSSR count). The van der Waals surface area contributed by atoms with E-state index >= 15 is 0 Å². The summed E-state index contributed by atoms with van der Waals surface area (Å²) in [7, 11) is -3.83. The number of rotatable bonds is 3. The van der Waals surface area contributed by atoms with Crippen molar-refractivity contribution < 1.29 is 18.0 Å². The van der Waals surface area contributed by atoms with E-state index in [0.29, 0.717) is 10.7 Å². The third-order valence-electron chi connectivity index (χ3n) is 4.46. The molecular weight excluding hydrogens is 423 g/mol. The van der Waals surface area contributed by atoms with E-state index in [4.69, 9.17) is 23.2 Å². The van der Waals surface area contributed by atoms with E-state index < -0.39 is 27.3 Å². The van der Waals surface area contributed by atoms with Gasteiger partial charge < -0.3 is 5.32 Å². The monoisotopic (exact) mass is 440 g/mol. The number of carbonyl (C=O) groups excluding carboxylic acids is 2. The van der Waals surface area contributed by atoms with Gasteiger partial charge in [0.05, 0.1) is 27.4 Å². The summed E-state index contributed by atoms with van der Waals surface area (Å²) in [6, 6.07) is 9.16. The van der Waals surface area contributed by atoms with Crippen LogP contribution in [0.3, 0.4) is 0 Å². The molecule has 9 heteroatoms. The van der Waals surface area contributed by atoms with Crippen LogP contribution in [0.5, 0.6) is 0 Å². The Kier molecular flexibility index (Phi) is 5.20. The van der Waals surface area contributed by atoms with Gasteiger partial charge in [0.15, 0.2) is 0 Å². The van der Waals surface area contributed by atoms with Gasteiger partial charge in [0.25, 0.3) is 5.91 Å². The standard InChI is InChI=1S/C19H18Cl2N2O4S/c1-11-4-5-12(20)8-16(11)22-17(24)14-9-13(6-7-15(14)21)23-18(25)19(2,3)10-28(23,26)27/h4-9H,10H2,1-3H3,(H,22,24).